The summed E-state index contributed by atoms with van der Waals surface area (Å²) in [6.45, 7) is 10.8. The molecule has 2 nitrogen and oxygen atoms in total. The first-order chi connectivity index (χ1) is 5.97. The second-order valence-electron chi connectivity index (χ2n) is 4.03. The van der Waals surface area contributed by atoms with Crippen LogP contribution in [-0.2, 0) is 0 Å². The standard InChI is InChI=1S/C10H22N2S/c1-6-9(7(2)3)12-10(13)11-8(4)5/h7-9H,6H2,1-5H3,(H2,11,12,13). The van der Waals surface area contributed by atoms with Crippen LogP contribution in [0.5, 0.6) is 0 Å². The van der Waals surface area contributed by atoms with Gasteiger partial charge in [0, 0.05) is 12.1 Å². The third-order valence-electron chi connectivity index (χ3n) is 1.98. The molecule has 0 aromatic rings. The van der Waals surface area contributed by atoms with Gasteiger partial charge < -0.3 is 10.6 Å². The predicted octanol–water partition coefficient (Wildman–Crippen LogP) is 2.29. The van der Waals surface area contributed by atoms with E-state index in [4.69, 9.17) is 12.2 Å². The Hall–Kier alpha value is -0.310. The number of rotatable bonds is 4. The molecule has 0 aliphatic rings. The third kappa shape index (κ3) is 5.86. The zero-order chi connectivity index (χ0) is 10.4. The van der Waals surface area contributed by atoms with Gasteiger partial charge in [-0.05, 0) is 38.4 Å². The number of hydrogen-bond acceptors (Lipinski definition) is 1. The number of thiocarbonyl (C=S) groups is 1. The van der Waals surface area contributed by atoms with E-state index in [0.29, 0.717) is 18.0 Å². The van der Waals surface area contributed by atoms with Gasteiger partial charge in [-0.25, -0.2) is 0 Å². The summed E-state index contributed by atoms with van der Waals surface area (Å²) in [6.07, 6.45) is 1.11. The Balaban J connectivity index is 3.87. The highest BCUT2D eigenvalue weighted by molar-refractivity contribution is 7.80. The van der Waals surface area contributed by atoms with Crippen molar-refractivity contribution in [3.8, 4) is 0 Å². The fourth-order valence-corrected chi connectivity index (χ4v) is 1.60. The second-order valence-corrected chi connectivity index (χ2v) is 4.44. The third-order valence-corrected chi connectivity index (χ3v) is 2.22. The summed E-state index contributed by atoms with van der Waals surface area (Å²) in [6, 6.07) is 0.892. The fourth-order valence-electron chi connectivity index (χ4n) is 1.21. The van der Waals surface area contributed by atoms with Crippen molar-refractivity contribution >= 4 is 17.3 Å². The predicted molar refractivity (Wildman–Crippen MR) is 62.9 cm³/mol. The van der Waals surface area contributed by atoms with Crippen LogP contribution in [0.25, 0.3) is 0 Å². The molecule has 0 aromatic carbocycles. The molecule has 78 valence electrons. The zero-order valence-electron chi connectivity index (χ0n) is 9.35. The van der Waals surface area contributed by atoms with Gasteiger partial charge in [0.15, 0.2) is 5.11 Å². The molecular formula is C10H22N2S. The topological polar surface area (TPSA) is 24.1 Å². The average Bonchev–Trinajstić information content (AvgIpc) is 1.98. The highest BCUT2D eigenvalue weighted by Crippen LogP contribution is 2.04. The summed E-state index contributed by atoms with van der Waals surface area (Å²) in [7, 11) is 0. The van der Waals surface area contributed by atoms with Crippen molar-refractivity contribution in [1.29, 1.82) is 0 Å². The van der Waals surface area contributed by atoms with Crippen molar-refractivity contribution in [3.05, 3.63) is 0 Å². The molecule has 3 heteroatoms. The largest absolute Gasteiger partial charge is 0.361 e. The van der Waals surface area contributed by atoms with Crippen LogP contribution >= 0.6 is 12.2 Å². The molecule has 0 bridgehead atoms. The van der Waals surface area contributed by atoms with E-state index in [9.17, 15) is 0 Å². The lowest BCUT2D eigenvalue weighted by molar-refractivity contribution is 0.438. The van der Waals surface area contributed by atoms with E-state index in [0.717, 1.165) is 11.5 Å². The van der Waals surface area contributed by atoms with Gasteiger partial charge in [0.25, 0.3) is 0 Å². The first-order valence-electron chi connectivity index (χ1n) is 5.04. The van der Waals surface area contributed by atoms with Crippen LogP contribution in [0.2, 0.25) is 0 Å². The molecule has 0 aromatic heterocycles. The normalized spacial score (nSPS) is 13.2. The lowest BCUT2D eigenvalue weighted by atomic mass is 10.0. The van der Waals surface area contributed by atoms with Crippen LogP contribution in [0.15, 0.2) is 0 Å². The first kappa shape index (κ1) is 12.7. The van der Waals surface area contributed by atoms with Crippen LogP contribution in [0.1, 0.15) is 41.0 Å². The summed E-state index contributed by atoms with van der Waals surface area (Å²) in [5, 5.41) is 7.27. The van der Waals surface area contributed by atoms with Gasteiger partial charge >= 0.3 is 0 Å². The van der Waals surface area contributed by atoms with Crippen molar-refractivity contribution in [2.24, 2.45) is 5.92 Å². The van der Waals surface area contributed by atoms with Gasteiger partial charge in [-0.1, -0.05) is 20.8 Å². The van der Waals surface area contributed by atoms with Gasteiger partial charge in [0.2, 0.25) is 0 Å². The molecule has 0 heterocycles. The van der Waals surface area contributed by atoms with Gasteiger partial charge in [-0.3, -0.25) is 0 Å². The average molecular weight is 202 g/mol. The Morgan fingerprint density at radius 1 is 1.15 bits per heavy atom. The summed E-state index contributed by atoms with van der Waals surface area (Å²) in [5.41, 5.74) is 0. The summed E-state index contributed by atoms with van der Waals surface area (Å²) >= 11 is 5.17. The lowest BCUT2D eigenvalue weighted by Gasteiger charge is -2.23. The number of nitrogens with one attached hydrogen (secondary N) is 2. The minimum atomic E-state index is 0.407. The van der Waals surface area contributed by atoms with E-state index >= 15 is 0 Å². The number of hydrogen-bond donors (Lipinski definition) is 2. The molecule has 2 N–H and O–H groups in total. The first-order valence-corrected chi connectivity index (χ1v) is 5.45. The van der Waals surface area contributed by atoms with Gasteiger partial charge in [0.1, 0.15) is 0 Å². The van der Waals surface area contributed by atoms with Crippen LogP contribution in [-0.4, -0.2) is 17.2 Å². The van der Waals surface area contributed by atoms with Crippen molar-refractivity contribution in [1.82, 2.24) is 10.6 Å². The molecule has 13 heavy (non-hydrogen) atoms. The van der Waals surface area contributed by atoms with E-state index in [1.165, 1.54) is 0 Å². The molecule has 1 unspecified atom stereocenters. The minimum Gasteiger partial charge on any atom is -0.361 e. The maximum Gasteiger partial charge on any atom is 0.166 e. The van der Waals surface area contributed by atoms with E-state index in [-0.39, 0.29) is 0 Å². The molecule has 1 atom stereocenters. The Morgan fingerprint density at radius 2 is 1.69 bits per heavy atom. The van der Waals surface area contributed by atoms with Crippen molar-refractivity contribution in [2.75, 3.05) is 0 Å². The quantitative estimate of drug-likeness (QED) is 0.684. The summed E-state index contributed by atoms with van der Waals surface area (Å²) < 4.78 is 0. The molecular weight excluding hydrogens is 180 g/mol. The monoisotopic (exact) mass is 202 g/mol. The molecule has 0 amide bonds. The molecule has 0 fully saturated rings. The van der Waals surface area contributed by atoms with Crippen molar-refractivity contribution in [3.63, 3.8) is 0 Å². The lowest BCUT2D eigenvalue weighted by Crippen LogP contribution is -2.46. The van der Waals surface area contributed by atoms with Crippen molar-refractivity contribution < 1.29 is 0 Å². The van der Waals surface area contributed by atoms with Gasteiger partial charge in [-0.15, -0.1) is 0 Å². The molecule has 0 saturated heterocycles. The molecule has 0 rings (SSSR count). The van der Waals surface area contributed by atoms with Gasteiger partial charge in [-0.2, -0.15) is 0 Å². The molecule has 0 saturated carbocycles. The van der Waals surface area contributed by atoms with Crippen molar-refractivity contribution in [2.45, 2.75) is 53.1 Å². The fraction of sp³-hybridized carbons (Fsp3) is 0.900. The highest BCUT2D eigenvalue weighted by Gasteiger charge is 2.11. The molecule has 0 aliphatic heterocycles. The Bertz CT molecular complexity index is 155. The Labute approximate surface area is 87.5 Å². The maximum absolute atomic E-state index is 5.17. The second kappa shape index (κ2) is 6.19. The van der Waals surface area contributed by atoms with E-state index < -0.39 is 0 Å². The molecule has 0 aliphatic carbocycles. The van der Waals surface area contributed by atoms with E-state index in [1.54, 1.807) is 0 Å². The Kier molecular flexibility index (Phi) is 6.04. The molecule has 0 radical (unpaired) electrons. The van der Waals surface area contributed by atoms with Crippen LogP contribution < -0.4 is 10.6 Å². The molecule has 0 spiro atoms. The van der Waals surface area contributed by atoms with Crippen LogP contribution in [0.3, 0.4) is 0 Å². The van der Waals surface area contributed by atoms with Crippen LogP contribution in [0.4, 0.5) is 0 Å². The Morgan fingerprint density at radius 3 is 2.00 bits per heavy atom. The minimum absolute atomic E-state index is 0.407. The zero-order valence-corrected chi connectivity index (χ0v) is 10.2. The SMILES string of the molecule is CCC(NC(=S)NC(C)C)C(C)C. The smallest absolute Gasteiger partial charge is 0.166 e. The van der Waals surface area contributed by atoms with E-state index in [2.05, 4.69) is 45.3 Å². The summed E-state index contributed by atoms with van der Waals surface area (Å²) in [5.74, 6) is 0.622. The van der Waals surface area contributed by atoms with Gasteiger partial charge in [0.05, 0.1) is 0 Å². The maximum atomic E-state index is 5.17. The van der Waals surface area contributed by atoms with Crippen LogP contribution in [0, 0.1) is 5.92 Å². The highest BCUT2D eigenvalue weighted by atomic mass is 32.1. The summed E-state index contributed by atoms with van der Waals surface area (Å²) in [4.78, 5) is 0. The van der Waals surface area contributed by atoms with E-state index in [1.807, 2.05) is 0 Å².